The lowest BCUT2D eigenvalue weighted by atomic mass is 9.93. The first-order chi connectivity index (χ1) is 16.3. The number of amides is 1. The van der Waals surface area contributed by atoms with Crippen LogP contribution >= 0.6 is 0 Å². The van der Waals surface area contributed by atoms with Crippen molar-refractivity contribution in [2.75, 3.05) is 19.1 Å². The van der Waals surface area contributed by atoms with Gasteiger partial charge in [0.05, 0.1) is 37.1 Å². The Labute approximate surface area is 197 Å². The molecule has 2 N–H and O–H groups in total. The number of aromatic hydroxyl groups is 1. The van der Waals surface area contributed by atoms with E-state index < -0.39 is 17.7 Å². The highest BCUT2D eigenvalue weighted by atomic mass is 16.5. The van der Waals surface area contributed by atoms with Crippen molar-refractivity contribution in [3.05, 3.63) is 88.5 Å². The SMILES string of the molecule is COc1ccccc1C1/C(=C(\O)c2cc(C)cc(C)c2OC)C(=O)C(=O)N1c1ccccc1O. The molecule has 0 bridgehead atoms. The Balaban J connectivity index is 2.07. The van der Waals surface area contributed by atoms with Crippen molar-refractivity contribution >= 4 is 23.1 Å². The molecule has 1 atom stereocenters. The van der Waals surface area contributed by atoms with Crippen LogP contribution in [0, 0.1) is 13.8 Å². The van der Waals surface area contributed by atoms with E-state index in [0.29, 0.717) is 22.6 Å². The summed E-state index contributed by atoms with van der Waals surface area (Å²) in [6.45, 7) is 3.70. The van der Waals surface area contributed by atoms with Crippen LogP contribution in [0.4, 0.5) is 5.69 Å². The summed E-state index contributed by atoms with van der Waals surface area (Å²) < 4.78 is 11.0. The van der Waals surface area contributed by atoms with E-state index in [9.17, 15) is 19.8 Å². The van der Waals surface area contributed by atoms with Crippen molar-refractivity contribution in [3.8, 4) is 17.2 Å². The second kappa shape index (κ2) is 8.94. The summed E-state index contributed by atoms with van der Waals surface area (Å²) in [7, 11) is 2.96. The van der Waals surface area contributed by atoms with Crippen LogP contribution in [-0.2, 0) is 9.59 Å². The van der Waals surface area contributed by atoms with Crippen LogP contribution < -0.4 is 14.4 Å². The Morgan fingerprint density at radius 3 is 2.29 bits per heavy atom. The Morgan fingerprint density at radius 1 is 0.941 bits per heavy atom. The predicted octanol–water partition coefficient (Wildman–Crippen LogP) is 4.65. The molecule has 1 amide bonds. The third kappa shape index (κ3) is 3.65. The first-order valence-corrected chi connectivity index (χ1v) is 10.7. The highest BCUT2D eigenvalue weighted by Gasteiger charge is 2.48. The van der Waals surface area contributed by atoms with Crippen LogP contribution in [0.15, 0.2) is 66.2 Å². The third-order valence-corrected chi connectivity index (χ3v) is 5.90. The van der Waals surface area contributed by atoms with Gasteiger partial charge in [-0.15, -0.1) is 0 Å². The van der Waals surface area contributed by atoms with E-state index in [1.807, 2.05) is 19.9 Å². The second-order valence-corrected chi connectivity index (χ2v) is 8.06. The lowest BCUT2D eigenvalue weighted by Crippen LogP contribution is -2.29. The van der Waals surface area contributed by atoms with Gasteiger partial charge >= 0.3 is 0 Å². The summed E-state index contributed by atoms with van der Waals surface area (Å²) in [4.78, 5) is 27.9. The molecule has 7 heteroatoms. The lowest BCUT2D eigenvalue weighted by Gasteiger charge is -2.27. The summed E-state index contributed by atoms with van der Waals surface area (Å²) in [5.41, 5.74) is 2.43. The standard InChI is InChI=1S/C27H25NO6/c1-15-13-16(2)26(34-4)18(14-15)24(30)22-23(17-9-5-8-12-21(17)33-3)28(27(32)25(22)31)19-10-6-7-11-20(19)29/h5-14,23,29-30H,1-4H3/b24-22+. The number of rotatable bonds is 5. The molecule has 0 radical (unpaired) electrons. The fraction of sp³-hybridized carbons (Fsp3) is 0.185. The number of hydrogen-bond acceptors (Lipinski definition) is 6. The van der Waals surface area contributed by atoms with Gasteiger partial charge in [-0.05, 0) is 49.2 Å². The molecule has 174 valence electrons. The number of nitrogens with zero attached hydrogens (tertiary/aromatic N) is 1. The van der Waals surface area contributed by atoms with E-state index in [2.05, 4.69) is 0 Å². The Morgan fingerprint density at radius 2 is 1.62 bits per heavy atom. The van der Waals surface area contributed by atoms with Gasteiger partial charge in [-0.25, -0.2) is 0 Å². The molecule has 7 nitrogen and oxygen atoms in total. The quantitative estimate of drug-likeness (QED) is 0.328. The fourth-order valence-electron chi connectivity index (χ4n) is 4.48. The van der Waals surface area contributed by atoms with Crippen LogP contribution in [0.2, 0.25) is 0 Å². The van der Waals surface area contributed by atoms with Crippen molar-refractivity contribution in [2.24, 2.45) is 0 Å². The number of ether oxygens (including phenoxy) is 2. The maximum atomic E-state index is 13.4. The van der Waals surface area contributed by atoms with Crippen molar-refractivity contribution in [1.29, 1.82) is 0 Å². The fourth-order valence-corrected chi connectivity index (χ4v) is 4.48. The van der Waals surface area contributed by atoms with Crippen molar-refractivity contribution < 1.29 is 29.3 Å². The Kier molecular flexibility index (Phi) is 6.03. The summed E-state index contributed by atoms with van der Waals surface area (Å²) in [6, 6.07) is 15.7. The predicted molar refractivity (Wildman–Crippen MR) is 128 cm³/mol. The smallest absolute Gasteiger partial charge is 0.300 e. The van der Waals surface area contributed by atoms with E-state index >= 15 is 0 Å². The second-order valence-electron chi connectivity index (χ2n) is 8.06. The molecular formula is C27H25NO6. The number of aliphatic hydroxyl groups is 1. The van der Waals surface area contributed by atoms with Gasteiger partial charge in [-0.2, -0.15) is 0 Å². The molecule has 1 fully saturated rings. The van der Waals surface area contributed by atoms with Crippen LogP contribution in [-0.4, -0.2) is 36.1 Å². The number of aryl methyl sites for hydroxylation is 2. The average molecular weight is 459 g/mol. The van der Waals surface area contributed by atoms with E-state index in [1.165, 1.54) is 25.2 Å². The highest BCUT2D eigenvalue weighted by Crippen LogP contribution is 2.47. The minimum absolute atomic E-state index is 0.124. The number of methoxy groups -OCH3 is 2. The molecule has 1 heterocycles. The van der Waals surface area contributed by atoms with Crippen molar-refractivity contribution in [1.82, 2.24) is 0 Å². The minimum Gasteiger partial charge on any atom is -0.507 e. The number of carbonyl (C=O) groups is 2. The Hall–Kier alpha value is -4.26. The van der Waals surface area contributed by atoms with E-state index in [-0.39, 0.29) is 22.8 Å². The zero-order chi connectivity index (χ0) is 24.6. The molecule has 3 aromatic carbocycles. The highest BCUT2D eigenvalue weighted by molar-refractivity contribution is 6.52. The number of ketones is 1. The monoisotopic (exact) mass is 459 g/mol. The number of benzene rings is 3. The molecule has 1 saturated heterocycles. The van der Waals surface area contributed by atoms with E-state index in [0.717, 1.165) is 11.1 Å². The third-order valence-electron chi connectivity index (χ3n) is 5.90. The molecule has 0 aliphatic carbocycles. The number of Topliss-reactive ketones (excluding diaryl/α,β-unsaturated/α-hetero) is 1. The van der Waals surface area contributed by atoms with Gasteiger partial charge < -0.3 is 19.7 Å². The molecule has 3 aromatic rings. The largest absolute Gasteiger partial charge is 0.507 e. The van der Waals surface area contributed by atoms with E-state index in [1.54, 1.807) is 48.5 Å². The van der Waals surface area contributed by atoms with Gasteiger partial charge in [-0.1, -0.05) is 36.4 Å². The maximum absolute atomic E-state index is 13.4. The number of phenols is 1. The molecule has 0 spiro atoms. The van der Waals surface area contributed by atoms with Gasteiger partial charge in [0.2, 0.25) is 0 Å². The summed E-state index contributed by atoms with van der Waals surface area (Å²) in [6.07, 6.45) is 0. The molecule has 1 aliphatic heterocycles. The number of aliphatic hydroxyl groups excluding tert-OH is 1. The number of carbonyl (C=O) groups excluding carboxylic acids is 2. The molecular weight excluding hydrogens is 434 g/mol. The van der Waals surface area contributed by atoms with Gasteiger partial charge in [-0.3, -0.25) is 14.5 Å². The van der Waals surface area contributed by atoms with Crippen LogP contribution in [0.3, 0.4) is 0 Å². The zero-order valence-electron chi connectivity index (χ0n) is 19.3. The van der Waals surface area contributed by atoms with Crippen LogP contribution in [0.25, 0.3) is 5.76 Å². The van der Waals surface area contributed by atoms with Crippen molar-refractivity contribution in [3.63, 3.8) is 0 Å². The van der Waals surface area contributed by atoms with Crippen molar-refractivity contribution in [2.45, 2.75) is 19.9 Å². The number of hydrogen-bond donors (Lipinski definition) is 2. The first kappa shape index (κ1) is 22.9. The van der Waals surface area contributed by atoms with Gasteiger partial charge in [0.1, 0.15) is 23.0 Å². The minimum atomic E-state index is -1.05. The Bertz CT molecular complexity index is 1330. The lowest BCUT2D eigenvalue weighted by molar-refractivity contribution is -0.132. The summed E-state index contributed by atoms with van der Waals surface area (Å²) in [5.74, 6) is -1.46. The van der Waals surface area contributed by atoms with Gasteiger partial charge in [0.25, 0.3) is 11.7 Å². The number of para-hydroxylation sites is 3. The summed E-state index contributed by atoms with van der Waals surface area (Å²) >= 11 is 0. The topological polar surface area (TPSA) is 96.3 Å². The van der Waals surface area contributed by atoms with Gasteiger partial charge in [0, 0.05) is 5.56 Å². The molecule has 0 aromatic heterocycles. The first-order valence-electron chi connectivity index (χ1n) is 10.7. The van der Waals surface area contributed by atoms with E-state index in [4.69, 9.17) is 9.47 Å². The molecule has 4 rings (SSSR count). The average Bonchev–Trinajstić information content (AvgIpc) is 3.08. The van der Waals surface area contributed by atoms with Crippen LogP contribution in [0.1, 0.15) is 28.3 Å². The maximum Gasteiger partial charge on any atom is 0.300 e. The normalized spacial score (nSPS) is 17.2. The summed E-state index contributed by atoms with van der Waals surface area (Å²) in [5, 5.41) is 22.0. The molecule has 34 heavy (non-hydrogen) atoms. The molecule has 1 aliphatic rings. The van der Waals surface area contributed by atoms with Gasteiger partial charge in [0.15, 0.2) is 0 Å². The number of phenolic OH excluding ortho intramolecular Hbond substituents is 1. The molecule has 1 unspecified atom stereocenters. The number of anilines is 1. The zero-order valence-corrected chi connectivity index (χ0v) is 19.3. The molecule has 0 saturated carbocycles. The van der Waals surface area contributed by atoms with Crippen LogP contribution in [0.5, 0.6) is 17.2 Å².